The molecule has 0 fully saturated rings. The molecule has 0 spiro atoms. The Labute approximate surface area is 131 Å². The van der Waals surface area contributed by atoms with Gasteiger partial charge >= 0.3 is 5.97 Å². The molecule has 0 unspecified atom stereocenters. The first-order valence-electron chi connectivity index (χ1n) is 6.78. The van der Waals surface area contributed by atoms with Gasteiger partial charge in [-0.2, -0.15) is 0 Å². The molecule has 2 N–H and O–H groups in total. The van der Waals surface area contributed by atoms with Crippen LogP contribution in [0, 0.1) is 5.82 Å². The number of halogens is 1. The Morgan fingerprint density at radius 2 is 1.95 bits per heavy atom. The molecule has 0 radical (unpaired) electrons. The van der Waals surface area contributed by atoms with Crippen molar-refractivity contribution in [3.05, 3.63) is 58.0 Å². The molecule has 1 aromatic heterocycles. The van der Waals surface area contributed by atoms with Crippen molar-refractivity contribution in [1.29, 1.82) is 0 Å². The van der Waals surface area contributed by atoms with E-state index < -0.39 is 17.8 Å². The van der Waals surface area contributed by atoms with Crippen LogP contribution in [0.2, 0.25) is 0 Å². The molecular formula is C16H16FNO3S. The fourth-order valence-corrected chi connectivity index (χ4v) is 2.87. The van der Waals surface area contributed by atoms with E-state index >= 15 is 0 Å². The number of carbonyl (C=O) groups excluding carboxylic acids is 1. The van der Waals surface area contributed by atoms with E-state index in [2.05, 4.69) is 5.32 Å². The topological polar surface area (TPSA) is 66.4 Å². The number of hydrogen-bond acceptors (Lipinski definition) is 3. The lowest BCUT2D eigenvalue weighted by Gasteiger charge is -2.20. The van der Waals surface area contributed by atoms with Crippen molar-refractivity contribution < 1.29 is 19.1 Å². The van der Waals surface area contributed by atoms with Gasteiger partial charge in [-0.05, 0) is 36.1 Å². The van der Waals surface area contributed by atoms with Crippen LogP contribution in [0.15, 0.2) is 41.8 Å². The van der Waals surface area contributed by atoms with E-state index in [9.17, 15) is 14.0 Å². The number of rotatable bonds is 6. The van der Waals surface area contributed by atoms with E-state index in [-0.39, 0.29) is 18.2 Å². The van der Waals surface area contributed by atoms with E-state index in [1.54, 1.807) is 6.92 Å². The van der Waals surface area contributed by atoms with Gasteiger partial charge in [0.2, 0.25) is 5.91 Å². The minimum Gasteiger partial charge on any atom is -0.481 e. The van der Waals surface area contributed by atoms with Gasteiger partial charge in [-0.3, -0.25) is 9.59 Å². The number of aliphatic carboxylic acids is 1. The van der Waals surface area contributed by atoms with Crippen LogP contribution in [-0.4, -0.2) is 17.0 Å². The highest BCUT2D eigenvalue weighted by molar-refractivity contribution is 7.10. The fraction of sp³-hybridized carbons (Fsp3) is 0.250. The fourth-order valence-electron chi connectivity index (χ4n) is 2.09. The highest BCUT2D eigenvalue weighted by Crippen LogP contribution is 2.23. The Kier molecular flexibility index (Phi) is 5.27. The van der Waals surface area contributed by atoms with Crippen molar-refractivity contribution in [3.63, 3.8) is 0 Å². The van der Waals surface area contributed by atoms with Crippen LogP contribution in [0.1, 0.15) is 35.7 Å². The van der Waals surface area contributed by atoms with Crippen LogP contribution >= 0.6 is 11.3 Å². The van der Waals surface area contributed by atoms with E-state index in [0.29, 0.717) is 5.56 Å². The van der Waals surface area contributed by atoms with Crippen molar-refractivity contribution in [1.82, 2.24) is 5.32 Å². The molecule has 0 aliphatic carbocycles. The van der Waals surface area contributed by atoms with E-state index in [0.717, 1.165) is 4.88 Å². The monoisotopic (exact) mass is 321 g/mol. The maximum Gasteiger partial charge on any atom is 0.305 e. The predicted molar refractivity (Wildman–Crippen MR) is 82.3 cm³/mol. The zero-order chi connectivity index (χ0) is 16.1. The van der Waals surface area contributed by atoms with Gasteiger partial charge < -0.3 is 10.4 Å². The summed E-state index contributed by atoms with van der Waals surface area (Å²) in [4.78, 5) is 24.2. The van der Waals surface area contributed by atoms with Crippen LogP contribution in [-0.2, 0) is 9.59 Å². The molecule has 2 aromatic rings. The lowest BCUT2D eigenvalue weighted by molar-refractivity contribution is -0.137. The summed E-state index contributed by atoms with van der Waals surface area (Å²) < 4.78 is 13.0. The Morgan fingerprint density at radius 3 is 2.50 bits per heavy atom. The zero-order valence-electron chi connectivity index (χ0n) is 12.0. The molecule has 6 heteroatoms. The second-order valence-electron chi connectivity index (χ2n) is 4.95. The number of carbonyl (C=O) groups is 2. The quantitative estimate of drug-likeness (QED) is 0.857. The van der Waals surface area contributed by atoms with Gasteiger partial charge in [-0.15, -0.1) is 11.3 Å². The number of carboxylic acids is 1. The minimum absolute atomic E-state index is 0.252. The molecule has 0 saturated carbocycles. The maximum absolute atomic E-state index is 13.0. The molecule has 2 rings (SSSR count). The average molecular weight is 321 g/mol. The number of nitrogens with one attached hydrogen (secondary N) is 1. The van der Waals surface area contributed by atoms with E-state index in [1.807, 2.05) is 17.5 Å². The Morgan fingerprint density at radius 1 is 1.27 bits per heavy atom. The first kappa shape index (κ1) is 16.2. The molecule has 2 atom stereocenters. The predicted octanol–water partition coefficient (Wildman–Crippen LogP) is 3.32. The summed E-state index contributed by atoms with van der Waals surface area (Å²) in [5.74, 6) is -2.05. The second kappa shape index (κ2) is 7.17. The maximum atomic E-state index is 13.0. The van der Waals surface area contributed by atoms with Gasteiger partial charge in [-0.1, -0.05) is 18.2 Å². The molecule has 116 valence electrons. The van der Waals surface area contributed by atoms with Crippen molar-refractivity contribution in [2.24, 2.45) is 0 Å². The Bertz CT molecular complexity index is 640. The third-order valence-electron chi connectivity index (χ3n) is 3.33. The average Bonchev–Trinajstić information content (AvgIpc) is 3.00. The van der Waals surface area contributed by atoms with Crippen LogP contribution < -0.4 is 5.32 Å². The van der Waals surface area contributed by atoms with Gasteiger partial charge in [0.1, 0.15) is 5.82 Å². The smallest absolute Gasteiger partial charge is 0.305 e. The van der Waals surface area contributed by atoms with Gasteiger partial charge in [-0.25, -0.2) is 4.39 Å². The van der Waals surface area contributed by atoms with Gasteiger partial charge in [0.25, 0.3) is 0 Å². The van der Waals surface area contributed by atoms with Crippen molar-refractivity contribution in [2.45, 2.75) is 25.3 Å². The van der Waals surface area contributed by atoms with Crippen LogP contribution in [0.25, 0.3) is 0 Å². The van der Waals surface area contributed by atoms with E-state index in [4.69, 9.17) is 5.11 Å². The second-order valence-corrected chi connectivity index (χ2v) is 5.93. The number of amides is 1. The summed E-state index contributed by atoms with van der Waals surface area (Å²) in [6.45, 7) is 1.77. The molecule has 0 aliphatic heterocycles. The van der Waals surface area contributed by atoms with Crippen molar-refractivity contribution in [2.75, 3.05) is 0 Å². The summed E-state index contributed by atoms with van der Waals surface area (Å²) in [5, 5.41) is 13.6. The SMILES string of the molecule is C[C@@H](C(=O)N[C@H](CC(=O)O)c1ccc(F)cc1)c1cccs1. The van der Waals surface area contributed by atoms with Crippen molar-refractivity contribution in [3.8, 4) is 0 Å². The number of benzene rings is 1. The molecule has 22 heavy (non-hydrogen) atoms. The number of hydrogen-bond donors (Lipinski definition) is 2. The molecule has 1 heterocycles. The third-order valence-corrected chi connectivity index (χ3v) is 4.39. The van der Waals surface area contributed by atoms with Crippen LogP contribution in [0.4, 0.5) is 4.39 Å². The number of thiophene rings is 1. The van der Waals surface area contributed by atoms with Gasteiger partial charge in [0.15, 0.2) is 0 Å². The van der Waals surface area contributed by atoms with Crippen molar-refractivity contribution >= 4 is 23.2 Å². The normalized spacial score (nSPS) is 13.4. The summed E-state index contributed by atoms with van der Waals surface area (Å²) >= 11 is 1.47. The van der Waals surface area contributed by atoms with E-state index in [1.165, 1.54) is 35.6 Å². The highest BCUT2D eigenvalue weighted by Gasteiger charge is 2.22. The molecule has 4 nitrogen and oxygen atoms in total. The molecule has 0 aliphatic rings. The largest absolute Gasteiger partial charge is 0.481 e. The third kappa shape index (κ3) is 4.14. The van der Waals surface area contributed by atoms with Gasteiger partial charge in [0.05, 0.1) is 18.4 Å². The van der Waals surface area contributed by atoms with Crippen LogP contribution in [0.3, 0.4) is 0 Å². The summed E-state index contributed by atoms with van der Waals surface area (Å²) in [6, 6.07) is 8.50. The highest BCUT2D eigenvalue weighted by atomic mass is 32.1. The summed E-state index contributed by atoms with van der Waals surface area (Å²) in [6.07, 6.45) is -0.255. The Hall–Kier alpha value is -2.21. The standard InChI is InChI=1S/C16H16FNO3S/c1-10(14-3-2-8-22-14)16(21)18-13(9-15(19)20)11-4-6-12(17)7-5-11/h2-8,10,13H,9H2,1H3,(H,18,21)(H,19,20)/t10-,13-/m1/s1. The number of carboxylic acid groups (broad SMARTS) is 1. The first-order valence-corrected chi connectivity index (χ1v) is 7.66. The van der Waals surface area contributed by atoms with Gasteiger partial charge in [0, 0.05) is 4.88 Å². The Balaban J connectivity index is 2.14. The minimum atomic E-state index is -1.03. The summed E-state index contributed by atoms with van der Waals surface area (Å²) in [7, 11) is 0. The molecule has 0 saturated heterocycles. The van der Waals surface area contributed by atoms with Crippen LogP contribution in [0.5, 0.6) is 0 Å². The lowest BCUT2D eigenvalue weighted by Crippen LogP contribution is -2.33. The first-order chi connectivity index (χ1) is 10.5. The zero-order valence-corrected chi connectivity index (χ0v) is 12.8. The molecular weight excluding hydrogens is 305 g/mol. The molecule has 1 aromatic carbocycles. The molecule has 1 amide bonds. The molecule has 0 bridgehead atoms. The lowest BCUT2D eigenvalue weighted by atomic mass is 10.0. The summed E-state index contributed by atoms with van der Waals surface area (Å²) in [5.41, 5.74) is 0.565.